The maximum absolute atomic E-state index is 12.7. The van der Waals surface area contributed by atoms with Gasteiger partial charge in [0.25, 0.3) is 5.91 Å². The number of halogens is 3. The van der Waals surface area contributed by atoms with E-state index in [-0.39, 0.29) is 12.1 Å². The number of nitrogens with one attached hydrogen (secondary N) is 1. The zero-order valence-corrected chi connectivity index (χ0v) is 13.8. The number of hydrogen-bond donors (Lipinski definition) is 2. The summed E-state index contributed by atoms with van der Waals surface area (Å²) in [6, 6.07) is 6.36. The summed E-state index contributed by atoms with van der Waals surface area (Å²) >= 11 is 0. The number of aryl methyl sites for hydroxylation is 1. The van der Waals surface area contributed by atoms with Gasteiger partial charge in [-0.15, -0.1) is 0 Å². The van der Waals surface area contributed by atoms with E-state index in [1.165, 1.54) is 18.3 Å². The molecule has 3 N–H and O–H groups in total. The second kappa shape index (κ2) is 6.66. The molecule has 6 nitrogen and oxygen atoms in total. The molecular formula is C17H16F3N5O. The maximum Gasteiger partial charge on any atom is 0.416 e. The molecule has 3 rings (SSSR count). The number of hydrogen-bond acceptors (Lipinski definition) is 4. The maximum atomic E-state index is 12.7. The first-order valence-electron chi connectivity index (χ1n) is 7.85. The highest BCUT2D eigenvalue weighted by Crippen LogP contribution is 2.29. The standard InChI is InChI=1S/C17H16F3N5O/c1-2-25-14-13(24-16(25)21)7-11(9-22-14)15(26)23-8-10-4-3-5-12(6-10)17(18,19)20/h3-7,9H,2,8H2,1H3,(H2,21,24)(H,23,26). The minimum atomic E-state index is -4.42. The van der Waals surface area contributed by atoms with E-state index >= 15 is 0 Å². The topological polar surface area (TPSA) is 85.8 Å². The Bertz CT molecular complexity index is 965. The van der Waals surface area contributed by atoms with Crippen LogP contribution < -0.4 is 11.1 Å². The molecular weight excluding hydrogens is 347 g/mol. The van der Waals surface area contributed by atoms with Crippen molar-refractivity contribution in [1.29, 1.82) is 0 Å². The second-order valence-corrected chi connectivity index (χ2v) is 5.66. The van der Waals surface area contributed by atoms with Crippen LogP contribution in [0.1, 0.15) is 28.4 Å². The first-order valence-corrected chi connectivity index (χ1v) is 7.85. The van der Waals surface area contributed by atoms with E-state index in [1.54, 1.807) is 10.6 Å². The third-order valence-electron chi connectivity index (χ3n) is 3.90. The summed E-state index contributed by atoms with van der Waals surface area (Å²) in [5.74, 6) is -0.155. The molecule has 0 unspecified atom stereocenters. The fraction of sp³-hybridized carbons (Fsp3) is 0.235. The predicted octanol–water partition coefficient (Wildman–Crippen LogP) is 2.98. The van der Waals surface area contributed by atoms with Crippen LogP contribution in [0.15, 0.2) is 36.5 Å². The molecule has 0 aliphatic carbocycles. The third kappa shape index (κ3) is 3.46. The van der Waals surface area contributed by atoms with Crippen molar-refractivity contribution in [3.05, 3.63) is 53.2 Å². The smallest absolute Gasteiger partial charge is 0.369 e. The van der Waals surface area contributed by atoms with Crippen LogP contribution in [0.25, 0.3) is 11.2 Å². The van der Waals surface area contributed by atoms with Crippen molar-refractivity contribution in [3.63, 3.8) is 0 Å². The predicted molar refractivity (Wildman–Crippen MR) is 90.2 cm³/mol. The summed E-state index contributed by atoms with van der Waals surface area (Å²) in [6.07, 6.45) is -3.04. The molecule has 0 spiro atoms. The second-order valence-electron chi connectivity index (χ2n) is 5.66. The van der Waals surface area contributed by atoms with E-state index < -0.39 is 17.6 Å². The van der Waals surface area contributed by atoms with Crippen LogP contribution in [-0.2, 0) is 19.3 Å². The molecule has 2 heterocycles. The summed E-state index contributed by atoms with van der Waals surface area (Å²) in [6.45, 7) is 2.46. The van der Waals surface area contributed by atoms with Gasteiger partial charge in [0.05, 0.1) is 11.1 Å². The number of nitrogens with zero attached hydrogens (tertiary/aromatic N) is 3. The third-order valence-corrected chi connectivity index (χ3v) is 3.90. The van der Waals surface area contributed by atoms with E-state index in [2.05, 4.69) is 15.3 Å². The molecule has 26 heavy (non-hydrogen) atoms. The van der Waals surface area contributed by atoms with Crippen LogP contribution >= 0.6 is 0 Å². The molecule has 0 atom stereocenters. The van der Waals surface area contributed by atoms with Gasteiger partial charge in [0.2, 0.25) is 5.95 Å². The lowest BCUT2D eigenvalue weighted by molar-refractivity contribution is -0.137. The van der Waals surface area contributed by atoms with Crippen molar-refractivity contribution >= 4 is 23.0 Å². The van der Waals surface area contributed by atoms with Crippen molar-refractivity contribution < 1.29 is 18.0 Å². The molecule has 1 aromatic carbocycles. The van der Waals surface area contributed by atoms with Gasteiger partial charge in [0.15, 0.2) is 5.65 Å². The molecule has 0 saturated carbocycles. The van der Waals surface area contributed by atoms with Crippen LogP contribution in [0.3, 0.4) is 0 Å². The normalized spacial score (nSPS) is 11.7. The average molecular weight is 363 g/mol. The quantitative estimate of drug-likeness (QED) is 0.746. The number of nitrogen functional groups attached to an aromatic ring is 1. The summed E-state index contributed by atoms with van der Waals surface area (Å²) in [4.78, 5) is 20.6. The lowest BCUT2D eigenvalue weighted by atomic mass is 10.1. The van der Waals surface area contributed by atoms with Gasteiger partial charge in [0, 0.05) is 19.3 Å². The van der Waals surface area contributed by atoms with Gasteiger partial charge in [-0.2, -0.15) is 13.2 Å². The number of imidazole rings is 1. The number of benzene rings is 1. The molecule has 0 fully saturated rings. The Hall–Kier alpha value is -3.10. The number of fused-ring (bicyclic) bond motifs is 1. The number of carbonyl (C=O) groups excluding carboxylic acids is 1. The Balaban J connectivity index is 1.75. The van der Waals surface area contributed by atoms with Gasteiger partial charge in [-0.1, -0.05) is 12.1 Å². The molecule has 0 aliphatic heterocycles. The van der Waals surface area contributed by atoms with E-state index in [0.29, 0.717) is 29.2 Å². The fourth-order valence-electron chi connectivity index (χ4n) is 2.61. The minimum Gasteiger partial charge on any atom is -0.369 e. The van der Waals surface area contributed by atoms with Crippen LogP contribution in [0.2, 0.25) is 0 Å². The Morgan fingerprint density at radius 2 is 2.08 bits per heavy atom. The number of carbonyl (C=O) groups is 1. The average Bonchev–Trinajstić information content (AvgIpc) is 2.93. The summed E-state index contributed by atoms with van der Waals surface area (Å²) in [5.41, 5.74) is 6.69. The van der Waals surface area contributed by atoms with E-state index in [9.17, 15) is 18.0 Å². The molecule has 2 aromatic heterocycles. The molecule has 0 radical (unpaired) electrons. The van der Waals surface area contributed by atoms with E-state index in [0.717, 1.165) is 12.1 Å². The van der Waals surface area contributed by atoms with Crippen LogP contribution in [-0.4, -0.2) is 20.4 Å². The number of aromatic nitrogens is 3. The van der Waals surface area contributed by atoms with Gasteiger partial charge in [-0.05, 0) is 30.7 Å². The lowest BCUT2D eigenvalue weighted by Gasteiger charge is -2.09. The fourth-order valence-corrected chi connectivity index (χ4v) is 2.61. The van der Waals surface area contributed by atoms with Gasteiger partial charge in [0.1, 0.15) is 5.52 Å². The Labute approximate surface area is 146 Å². The zero-order valence-electron chi connectivity index (χ0n) is 13.8. The highest BCUT2D eigenvalue weighted by atomic mass is 19.4. The van der Waals surface area contributed by atoms with Gasteiger partial charge in [-0.25, -0.2) is 9.97 Å². The number of alkyl halides is 3. The Morgan fingerprint density at radius 3 is 2.77 bits per heavy atom. The van der Waals surface area contributed by atoms with Crippen molar-refractivity contribution in [3.8, 4) is 0 Å². The molecule has 1 amide bonds. The molecule has 9 heteroatoms. The summed E-state index contributed by atoms with van der Waals surface area (Å²) in [7, 11) is 0. The van der Waals surface area contributed by atoms with Crippen molar-refractivity contribution in [2.45, 2.75) is 26.2 Å². The number of pyridine rings is 1. The highest BCUT2D eigenvalue weighted by molar-refractivity contribution is 5.96. The number of anilines is 1. The number of rotatable bonds is 4. The van der Waals surface area contributed by atoms with Crippen LogP contribution in [0.5, 0.6) is 0 Å². The van der Waals surface area contributed by atoms with E-state index in [4.69, 9.17) is 5.73 Å². The number of amides is 1. The SMILES string of the molecule is CCn1c(N)nc2cc(C(=O)NCc3cccc(C(F)(F)F)c3)cnc21. The van der Waals surface area contributed by atoms with Crippen LogP contribution in [0.4, 0.5) is 19.1 Å². The van der Waals surface area contributed by atoms with Gasteiger partial charge >= 0.3 is 6.18 Å². The molecule has 0 bridgehead atoms. The van der Waals surface area contributed by atoms with E-state index in [1.807, 2.05) is 6.92 Å². The Kier molecular flexibility index (Phi) is 4.54. The summed E-state index contributed by atoms with van der Waals surface area (Å²) < 4.78 is 39.9. The van der Waals surface area contributed by atoms with Crippen LogP contribution in [0, 0.1) is 0 Å². The monoisotopic (exact) mass is 363 g/mol. The number of nitrogens with two attached hydrogens (primary N) is 1. The highest BCUT2D eigenvalue weighted by Gasteiger charge is 2.30. The Morgan fingerprint density at radius 1 is 1.31 bits per heavy atom. The minimum absolute atomic E-state index is 0.0354. The van der Waals surface area contributed by atoms with Gasteiger partial charge in [-0.3, -0.25) is 9.36 Å². The van der Waals surface area contributed by atoms with Crippen molar-refractivity contribution in [1.82, 2.24) is 19.9 Å². The zero-order chi connectivity index (χ0) is 18.9. The first kappa shape index (κ1) is 17.7. The lowest BCUT2D eigenvalue weighted by Crippen LogP contribution is -2.23. The largest absolute Gasteiger partial charge is 0.416 e. The molecule has 3 aromatic rings. The van der Waals surface area contributed by atoms with Crippen molar-refractivity contribution in [2.75, 3.05) is 5.73 Å². The molecule has 136 valence electrons. The summed E-state index contributed by atoms with van der Waals surface area (Å²) in [5, 5.41) is 2.58. The molecule has 0 aliphatic rings. The molecule has 0 saturated heterocycles. The van der Waals surface area contributed by atoms with Gasteiger partial charge < -0.3 is 11.1 Å². The first-order chi connectivity index (χ1) is 12.3. The van der Waals surface area contributed by atoms with Crippen molar-refractivity contribution in [2.24, 2.45) is 0 Å².